The number of benzene rings is 2. The van der Waals surface area contributed by atoms with Crippen LogP contribution >= 0.6 is 11.6 Å². The first-order valence-electron chi connectivity index (χ1n) is 9.24. The minimum absolute atomic E-state index is 0.193. The molecule has 1 heterocycles. The zero-order valence-corrected chi connectivity index (χ0v) is 16.9. The number of carbonyl (C=O) groups is 2. The van der Waals surface area contributed by atoms with Crippen LogP contribution in [0.1, 0.15) is 27.5 Å². The van der Waals surface area contributed by atoms with Gasteiger partial charge < -0.3 is 9.64 Å². The Kier molecular flexibility index (Phi) is 6.67. The minimum Gasteiger partial charge on any atom is -0.468 e. The van der Waals surface area contributed by atoms with E-state index < -0.39 is 23.8 Å². The zero-order valence-electron chi connectivity index (χ0n) is 16.2. The molecule has 1 amide bonds. The molecule has 0 radical (unpaired) electrons. The minimum atomic E-state index is -4.45. The smallest absolute Gasteiger partial charge is 0.416 e. The molecule has 30 heavy (non-hydrogen) atoms. The maximum atomic E-state index is 12.7. The summed E-state index contributed by atoms with van der Waals surface area (Å²) in [6, 6.07) is 10.4. The van der Waals surface area contributed by atoms with Crippen LogP contribution < -0.4 is 0 Å². The summed E-state index contributed by atoms with van der Waals surface area (Å²) >= 11 is 5.93. The summed E-state index contributed by atoms with van der Waals surface area (Å²) in [7, 11) is 1.32. The summed E-state index contributed by atoms with van der Waals surface area (Å²) < 4.78 is 43.1. The zero-order chi connectivity index (χ0) is 21.9. The van der Waals surface area contributed by atoms with Crippen LogP contribution in [0.15, 0.2) is 48.5 Å². The maximum Gasteiger partial charge on any atom is 0.416 e. The Morgan fingerprint density at radius 3 is 2.03 bits per heavy atom. The Morgan fingerprint density at radius 2 is 1.53 bits per heavy atom. The van der Waals surface area contributed by atoms with Gasteiger partial charge in [-0.2, -0.15) is 13.2 Å². The van der Waals surface area contributed by atoms with E-state index >= 15 is 0 Å². The van der Waals surface area contributed by atoms with Crippen molar-refractivity contribution in [1.82, 2.24) is 9.80 Å². The van der Waals surface area contributed by atoms with E-state index in [1.54, 1.807) is 29.2 Å². The molecule has 0 N–H and O–H groups in total. The van der Waals surface area contributed by atoms with Crippen LogP contribution in [0.2, 0.25) is 5.02 Å². The van der Waals surface area contributed by atoms with Gasteiger partial charge in [0.25, 0.3) is 5.91 Å². The lowest BCUT2D eigenvalue weighted by Gasteiger charge is -2.38. The fourth-order valence-electron chi connectivity index (χ4n) is 3.42. The van der Waals surface area contributed by atoms with Gasteiger partial charge in [0.15, 0.2) is 0 Å². The number of hydrogen-bond donors (Lipinski definition) is 0. The van der Waals surface area contributed by atoms with Crippen molar-refractivity contribution in [1.29, 1.82) is 0 Å². The molecule has 2 aromatic carbocycles. The number of alkyl halides is 3. The third kappa shape index (κ3) is 4.94. The van der Waals surface area contributed by atoms with Crippen LogP contribution in [-0.2, 0) is 15.7 Å². The fourth-order valence-corrected chi connectivity index (χ4v) is 3.55. The summed E-state index contributed by atoms with van der Waals surface area (Å²) in [5.74, 6) is -0.760. The van der Waals surface area contributed by atoms with Crippen LogP contribution in [0.5, 0.6) is 0 Å². The molecule has 0 saturated carbocycles. The second-order valence-corrected chi connectivity index (χ2v) is 7.32. The monoisotopic (exact) mass is 440 g/mol. The lowest BCUT2D eigenvalue weighted by atomic mass is 10.0. The first-order chi connectivity index (χ1) is 14.2. The standard InChI is InChI=1S/C21H20ClF3N2O3/c1-30-20(29)18(14-4-8-17(22)9-5-14)26-10-12-27(13-11-26)19(28)15-2-6-16(7-3-15)21(23,24)25/h2-9,18H,10-13H2,1H3. The van der Waals surface area contributed by atoms with E-state index in [9.17, 15) is 22.8 Å². The van der Waals surface area contributed by atoms with Crippen molar-refractivity contribution >= 4 is 23.5 Å². The molecule has 0 aromatic heterocycles. The number of nitrogens with zero attached hydrogens (tertiary/aromatic N) is 2. The highest BCUT2D eigenvalue weighted by Gasteiger charge is 2.33. The van der Waals surface area contributed by atoms with Gasteiger partial charge >= 0.3 is 12.1 Å². The lowest BCUT2D eigenvalue weighted by Crippen LogP contribution is -2.51. The van der Waals surface area contributed by atoms with Crippen molar-refractivity contribution in [2.24, 2.45) is 0 Å². The number of hydrogen-bond acceptors (Lipinski definition) is 4. The summed E-state index contributed by atoms with van der Waals surface area (Å²) in [6.45, 7) is 1.49. The molecular weight excluding hydrogens is 421 g/mol. The van der Waals surface area contributed by atoms with E-state index in [1.165, 1.54) is 19.2 Å². The van der Waals surface area contributed by atoms with E-state index in [-0.39, 0.29) is 11.5 Å². The van der Waals surface area contributed by atoms with Crippen molar-refractivity contribution in [3.05, 3.63) is 70.2 Å². The number of esters is 1. The number of methoxy groups -OCH3 is 1. The molecule has 1 unspecified atom stereocenters. The highest BCUT2D eigenvalue weighted by atomic mass is 35.5. The molecule has 1 atom stereocenters. The highest BCUT2D eigenvalue weighted by molar-refractivity contribution is 6.30. The Labute approximate surface area is 177 Å². The third-order valence-corrected chi connectivity index (χ3v) is 5.29. The van der Waals surface area contributed by atoms with Crippen LogP contribution in [0.25, 0.3) is 0 Å². The van der Waals surface area contributed by atoms with Gasteiger partial charge in [-0.1, -0.05) is 23.7 Å². The molecule has 1 saturated heterocycles. The quantitative estimate of drug-likeness (QED) is 0.673. The van der Waals surface area contributed by atoms with Gasteiger partial charge in [0.1, 0.15) is 6.04 Å². The van der Waals surface area contributed by atoms with Gasteiger partial charge in [-0.25, -0.2) is 4.79 Å². The normalized spacial score (nSPS) is 16.2. The SMILES string of the molecule is COC(=O)C(c1ccc(Cl)cc1)N1CCN(C(=O)c2ccc(C(F)(F)F)cc2)CC1. The average Bonchev–Trinajstić information content (AvgIpc) is 2.74. The summed E-state index contributed by atoms with van der Waals surface area (Å²) in [4.78, 5) is 28.5. The first-order valence-corrected chi connectivity index (χ1v) is 9.62. The molecule has 0 aliphatic carbocycles. The van der Waals surface area contributed by atoms with E-state index in [2.05, 4.69) is 0 Å². The van der Waals surface area contributed by atoms with Crippen LogP contribution in [-0.4, -0.2) is 55.0 Å². The van der Waals surface area contributed by atoms with E-state index in [0.717, 1.165) is 17.7 Å². The first kappa shape index (κ1) is 22.1. The predicted octanol–water partition coefficient (Wildman–Crippen LogP) is 4.03. The molecule has 5 nitrogen and oxygen atoms in total. The third-order valence-electron chi connectivity index (χ3n) is 5.04. The Hall–Kier alpha value is -2.58. The van der Waals surface area contributed by atoms with Crippen molar-refractivity contribution in [2.45, 2.75) is 12.2 Å². The number of halogens is 4. The summed E-state index contributed by atoms with van der Waals surface area (Å²) in [5, 5.41) is 0.550. The van der Waals surface area contributed by atoms with Gasteiger partial charge in [0, 0.05) is 36.8 Å². The summed E-state index contributed by atoms with van der Waals surface area (Å²) in [6.07, 6.45) is -4.45. The fraction of sp³-hybridized carbons (Fsp3) is 0.333. The Morgan fingerprint density at radius 1 is 0.967 bits per heavy atom. The van der Waals surface area contributed by atoms with Crippen LogP contribution in [0.3, 0.4) is 0 Å². The average molecular weight is 441 g/mol. The van der Waals surface area contributed by atoms with Crippen molar-refractivity contribution in [3.63, 3.8) is 0 Å². The van der Waals surface area contributed by atoms with Crippen molar-refractivity contribution in [3.8, 4) is 0 Å². The number of carbonyl (C=O) groups excluding carboxylic acids is 2. The molecule has 2 aromatic rings. The molecule has 1 fully saturated rings. The molecule has 9 heteroatoms. The number of amides is 1. The lowest BCUT2D eigenvalue weighted by molar-refractivity contribution is -0.148. The number of ether oxygens (including phenoxy) is 1. The molecule has 0 bridgehead atoms. The maximum absolute atomic E-state index is 12.7. The number of piperazine rings is 1. The second-order valence-electron chi connectivity index (χ2n) is 6.88. The van der Waals surface area contributed by atoms with E-state index in [4.69, 9.17) is 16.3 Å². The van der Waals surface area contributed by atoms with Gasteiger partial charge in [0.05, 0.1) is 12.7 Å². The molecule has 0 spiro atoms. The second kappa shape index (κ2) is 9.06. The van der Waals surface area contributed by atoms with Crippen molar-refractivity contribution in [2.75, 3.05) is 33.3 Å². The number of rotatable bonds is 4. The topological polar surface area (TPSA) is 49.9 Å². The van der Waals surface area contributed by atoms with Gasteiger partial charge in [-0.05, 0) is 42.0 Å². The molecule has 1 aliphatic rings. The van der Waals surface area contributed by atoms with Crippen LogP contribution in [0.4, 0.5) is 13.2 Å². The molecular formula is C21H20ClF3N2O3. The molecule has 160 valence electrons. The van der Waals surface area contributed by atoms with Crippen LogP contribution in [0, 0.1) is 0 Å². The summed E-state index contributed by atoms with van der Waals surface area (Å²) in [5.41, 5.74) is 0.125. The predicted molar refractivity (Wildman–Crippen MR) is 105 cm³/mol. The van der Waals surface area contributed by atoms with E-state index in [0.29, 0.717) is 31.2 Å². The van der Waals surface area contributed by atoms with Gasteiger partial charge in [0.2, 0.25) is 0 Å². The highest BCUT2D eigenvalue weighted by Crippen LogP contribution is 2.29. The van der Waals surface area contributed by atoms with E-state index in [1.807, 2.05) is 4.90 Å². The van der Waals surface area contributed by atoms with Gasteiger partial charge in [-0.15, -0.1) is 0 Å². The Bertz CT molecular complexity index is 893. The molecule has 1 aliphatic heterocycles. The molecule has 3 rings (SSSR count). The van der Waals surface area contributed by atoms with Crippen molar-refractivity contribution < 1.29 is 27.5 Å². The Balaban J connectivity index is 1.68. The largest absolute Gasteiger partial charge is 0.468 e. The van der Waals surface area contributed by atoms with Gasteiger partial charge in [-0.3, -0.25) is 9.69 Å².